The third kappa shape index (κ3) is 1.65. The van der Waals surface area contributed by atoms with Crippen LogP contribution in [-0.2, 0) is 0 Å². The highest BCUT2D eigenvalue weighted by Crippen LogP contribution is 2.30. The molecule has 0 amide bonds. The van der Waals surface area contributed by atoms with Crippen molar-refractivity contribution in [1.82, 2.24) is 0 Å². The predicted molar refractivity (Wildman–Crippen MR) is 49.7 cm³/mol. The van der Waals surface area contributed by atoms with Gasteiger partial charge in [0, 0.05) is 5.56 Å². The zero-order chi connectivity index (χ0) is 10.9. The largest absolute Gasteiger partial charge is 0.495 e. The molecule has 0 aromatic heterocycles. The first-order chi connectivity index (χ1) is 6.49. The van der Waals surface area contributed by atoms with Crippen LogP contribution in [0.3, 0.4) is 0 Å². The van der Waals surface area contributed by atoms with Crippen LogP contribution in [0.1, 0.15) is 15.9 Å². The van der Waals surface area contributed by atoms with Crippen LogP contribution >= 0.6 is 11.6 Å². The van der Waals surface area contributed by atoms with Gasteiger partial charge in [0.15, 0.2) is 0 Å². The standard InChI is InChI=1S/C9H8ClFO3/c1-4-7(11)6(10)3-5(9(12)13)8(4)14-2/h3H,1-2H3,(H,12,13). The molecule has 3 nitrogen and oxygen atoms in total. The maximum Gasteiger partial charge on any atom is 0.339 e. The summed E-state index contributed by atoms with van der Waals surface area (Å²) in [7, 11) is 1.28. The van der Waals surface area contributed by atoms with Crippen LogP contribution in [0.5, 0.6) is 5.75 Å². The maximum absolute atomic E-state index is 13.2. The Bertz CT molecular complexity index is 390. The van der Waals surface area contributed by atoms with Crippen molar-refractivity contribution in [2.75, 3.05) is 7.11 Å². The second-order valence-corrected chi connectivity index (χ2v) is 3.09. The molecule has 0 saturated heterocycles. The lowest BCUT2D eigenvalue weighted by Crippen LogP contribution is -2.04. The minimum absolute atomic E-state index is 0.000556. The number of aromatic carboxylic acids is 1. The molecular weight excluding hydrogens is 211 g/mol. The Morgan fingerprint density at radius 3 is 2.64 bits per heavy atom. The minimum atomic E-state index is -1.20. The number of benzene rings is 1. The van der Waals surface area contributed by atoms with E-state index in [1.807, 2.05) is 0 Å². The van der Waals surface area contributed by atoms with E-state index in [4.69, 9.17) is 21.4 Å². The van der Waals surface area contributed by atoms with Crippen molar-refractivity contribution in [3.8, 4) is 5.75 Å². The molecule has 0 aliphatic heterocycles. The Kier molecular flexibility index (Phi) is 2.96. The van der Waals surface area contributed by atoms with E-state index in [0.717, 1.165) is 6.07 Å². The van der Waals surface area contributed by atoms with Crippen LogP contribution < -0.4 is 4.74 Å². The Balaban J connectivity index is 3.51. The van der Waals surface area contributed by atoms with Crippen molar-refractivity contribution < 1.29 is 19.0 Å². The minimum Gasteiger partial charge on any atom is -0.495 e. The highest BCUT2D eigenvalue weighted by atomic mass is 35.5. The van der Waals surface area contributed by atoms with Gasteiger partial charge in [0.25, 0.3) is 0 Å². The summed E-state index contributed by atoms with van der Waals surface area (Å²) in [6.07, 6.45) is 0. The van der Waals surface area contributed by atoms with Crippen molar-refractivity contribution in [2.45, 2.75) is 6.92 Å². The molecule has 1 rings (SSSR count). The predicted octanol–water partition coefficient (Wildman–Crippen LogP) is 2.49. The van der Waals surface area contributed by atoms with Crippen LogP contribution in [0.15, 0.2) is 6.07 Å². The third-order valence-corrected chi connectivity index (χ3v) is 2.10. The van der Waals surface area contributed by atoms with Crippen molar-refractivity contribution >= 4 is 17.6 Å². The van der Waals surface area contributed by atoms with Gasteiger partial charge in [-0.05, 0) is 13.0 Å². The first-order valence-corrected chi connectivity index (χ1v) is 4.12. The summed E-state index contributed by atoms with van der Waals surface area (Å²) >= 11 is 5.50. The van der Waals surface area contributed by atoms with Crippen LogP contribution in [0.25, 0.3) is 0 Å². The average Bonchev–Trinajstić information content (AvgIpc) is 2.13. The van der Waals surface area contributed by atoms with Gasteiger partial charge in [-0.3, -0.25) is 0 Å². The van der Waals surface area contributed by atoms with Crippen molar-refractivity contribution in [3.05, 3.63) is 28.0 Å². The molecule has 5 heteroatoms. The van der Waals surface area contributed by atoms with Gasteiger partial charge in [-0.1, -0.05) is 11.6 Å². The lowest BCUT2D eigenvalue weighted by Gasteiger charge is -2.09. The summed E-state index contributed by atoms with van der Waals surface area (Å²) < 4.78 is 18.0. The number of rotatable bonds is 2. The van der Waals surface area contributed by atoms with Crippen LogP contribution in [-0.4, -0.2) is 18.2 Å². The number of halogens is 2. The monoisotopic (exact) mass is 218 g/mol. The van der Waals surface area contributed by atoms with E-state index in [-0.39, 0.29) is 21.9 Å². The molecule has 0 fully saturated rings. The third-order valence-electron chi connectivity index (χ3n) is 1.83. The second-order valence-electron chi connectivity index (χ2n) is 2.68. The summed E-state index contributed by atoms with van der Waals surface area (Å²) in [6, 6.07) is 1.03. The fourth-order valence-corrected chi connectivity index (χ4v) is 1.41. The SMILES string of the molecule is COc1c(C(=O)O)cc(Cl)c(F)c1C. The van der Waals surface area contributed by atoms with Crippen LogP contribution in [0.4, 0.5) is 4.39 Å². The van der Waals surface area contributed by atoms with Crippen molar-refractivity contribution in [1.29, 1.82) is 0 Å². The number of hydrogen-bond donors (Lipinski definition) is 1. The maximum atomic E-state index is 13.2. The zero-order valence-corrected chi connectivity index (χ0v) is 8.35. The van der Waals surface area contributed by atoms with Gasteiger partial charge in [0.1, 0.15) is 17.1 Å². The van der Waals surface area contributed by atoms with Gasteiger partial charge in [0.05, 0.1) is 12.1 Å². The van der Waals surface area contributed by atoms with Gasteiger partial charge in [-0.15, -0.1) is 0 Å². The Labute approximate surface area is 85.1 Å². The first kappa shape index (κ1) is 10.8. The van der Waals surface area contributed by atoms with Crippen LogP contribution in [0.2, 0.25) is 5.02 Å². The van der Waals surface area contributed by atoms with Gasteiger partial charge < -0.3 is 9.84 Å². The summed E-state index contributed by atoms with van der Waals surface area (Å²) in [5, 5.41) is 8.55. The molecule has 0 atom stereocenters. The molecule has 0 heterocycles. The number of carboxylic acid groups (broad SMARTS) is 1. The molecule has 0 bridgehead atoms. The van der Waals surface area contributed by atoms with E-state index in [2.05, 4.69) is 0 Å². The Morgan fingerprint density at radius 1 is 1.64 bits per heavy atom. The quantitative estimate of drug-likeness (QED) is 0.830. The average molecular weight is 219 g/mol. The summed E-state index contributed by atoms with van der Waals surface area (Å²) in [5.41, 5.74) is -0.0474. The van der Waals surface area contributed by atoms with Gasteiger partial charge in [-0.2, -0.15) is 0 Å². The summed E-state index contributed by atoms with van der Waals surface area (Å²) in [4.78, 5) is 10.7. The Hall–Kier alpha value is -1.29. The summed E-state index contributed by atoms with van der Waals surface area (Å²) in [5.74, 6) is -1.86. The molecule has 0 unspecified atom stereocenters. The topological polar surface area (TPSA) is 46.5 Å². The molecule has 0 saturated carbocycles. The zero-order valence-electron chi connectivity index (χ0n) is 7.60. The second kappa shape index (κ2) is 3.84. The fraction of sp³-hybridized carbons (Fsp3) is 0.222. The molecule has 1 aromatic carbocycles. The molecule has 0 aliphatic rings. The van der Waals surface area contributed by atoms with Crippen molar-refractivity contribution in [2.24, 2.45) is 0 Å². The lowest BCUT2D eigenvalue weighted by molar-refractivity contribution is 0.0693. The van der Waals surface area contributed by atoms with E-state index in [0.29, 0.717) is 0 Å². The van der Waals surface area contributed by atoms with E-state index in [1.54, 1.807) is 0 Å². The molecule has 0 aliphatic carbocycles. The number of hydrogen-bond acceptors (Lipinski definition) is 2. The number of carboxylic acids is 1. The van der Waals surface area contributed by atoms with Gasteiger partial charge in [-0.25, -0.2) is 9.18 Å². The molecule has 76 valence electrons. The van der Waals surface area contributed by atoms with E-state index < -0.39 is 11.8 Å². The fourth-order valence-electron chi connectivity index (χ4n) is 1.16. The molecule has 1 aromatic rings. The summed E-state index contributed by atoms with van der Waals surface area (Å²) in [6.45, 7) is 1.41. The van der Waals surface area contributed by atoms with E-state index in [9.17, 15) is 9.18 Å². The van der Waals surface area contributed by atoms with E-state index in [1.165, 1.54) is 14.0 Å². The molecule has 0 radical (unpaired) electrons. The number of methoxy groups -OCH3 is 1. The smallest absolute Gasteiger partial charge is 0.339 e. The number of ether oxygens (including phenoxy) is 1. The highest BCUT2D eigenvalue weighted by molar-refractivity contribution is 6.31. The normalized spacial score (nSPS) is 10.0. The van der Waals surface area contributed by atoms with Crippen molar-refractivity contribution in [3.63, 3.8) is 0 Å². The number of carbonyl (C=O) groups is 1. The highest BCUT2D eigenvalue weighted by Gasteiger charge is 2.19. The Morgan fingerprint density at radius 2 is 2.21 bits per heavy atom. The van der Waals surface area contributed by atoms with Crippen LogP contribution in [0, 0.1) is 12.7 Å². The first-order valence-electron chi connectivity index (χ1n) is 3.75. The van der Waals surface area contributed by atoms with Gasteiger partial charge in [0.2, 0.25) is 0 Å². The molecule has 14 heavy (non-hydrogen) atoms. The molecular formula is C9H8ClFO3. The lowest BCUT2D eigenvalue weighted by atomic mass is 10.1. The molecule has 0 spiro atoms. The molecule has 1 N–H and O–H groups in total. The van der Waals surface area contributed by atoms with Gasteiger partial charge >= 0.3 is 5.97 Å². The van der Waals surface area contributed by atoms with E-state index >= 15 is 0 Å².